The van der Waals surface area contributed by atoms with E-state index in [9.17, 15) is 34.4 Å². The van der Waals surface area contributed by atoms with Gasteiger partial charge in [-0.05, 0) is 29.9 Å². The molecule has 15 heteroatoms. The average Bonchev–Trinajstić information content (AvgIpc) is 2.84. The molecule has 3 saturated carbocycles. The maximum Gasteiger partial charge on any atom is 0.516 e. The normalized spacial score (nSPS) is 21.8. The molecule has 3 aliphatic rings. The summed E-state index contributed by atoms with van der Waals surface area (Å²) in [7, 11) is 0. The predicted octanol–water partition coefficient (Wildman–Crippen LogP) is 4.01. The zero-order valence-electron chi connectivity index (χ0n) is 23.0. The molecule has 41 heavy (non-hydrogen) atoms. The highest BCUT2D eigenvalue weighted by Gasteiger charge is 2.59. The minimum Gasteiger partial charge on any atom is -0.508 e. The smallest absolute Gasteiger partial charge is 0.508 e. The number of phenolic OH excluding ortho intramolecular Hbond substituents is 1. The molecule has 3 aliphatic carbocycles. The standard InChI is InChI=1S/C26H31F2NO12/c1-12(2)22(32)39-13(3)40-24(34)41-20-9-14(26(27,28)23(33)37-6-7-38-29(35)36)8-19(31)21(20)15-10-18(30)17-11-16(15)25(17,4)5/h8-9,12-13,15-17,31H,6-7,10-11H2,1-5H3/t13?,15-,16+,17+/m1/s1. The topological polar surface area (TPSA) is 178 Å². The van der Waals surface area contributed by atoms with Gasteiger partial charge in [-0.1, -0.05) is 27.7 Å². The number of ketones is 1. The maximum absolute atomic E-state index is 15.1. The van der Waals surface area contributed by atoms with Gasteiger partial charge in [0.05, 0.1) is 5.92 Å². The molecular weight excluding hydrogens is 556 g/mol. The van der Waals surface area contributed by atoms with Gasteiger partial charge >= 0.3 is 24.0 Å². The number of hydrogen-bond donors (Lipinski definition) is 1. The van der Waals surface area contributed by atoms with Crippen LogP contribution in [-0.4, -0.2) is 53.6 Å². The lowest BCUT2D eigenvalue weighted by molar-refractivity contribution is -0.757. The number of ether oxygens (including phenoxy) is 4. The lowest BCUT2D eigenvalue weighted by Gasteiger charge is -2.59. The fraction of sp³-hybridized carbons (Fsp3) is 0.615. The Morgan fingerprint density at radius 2 is 1.83 bits per heavy atom. The van der Waals surface area contributed by atoms with Gasteiger partial charge in [0.1, 0.15) is 30.5 Å². The summed E-state index contributed by atoms with van der Waals surface area (Å²) in [6, 6.07) is 1.23. The SMILES string of the molecule is CC(OC(=O)Oc1cc(C(F)(F)C(=O)OCCO[N+](=O)[O-])cc(O)c1[C@@H]1CC(=O)[C@@H]2C[C@@H]1C2(C)C)OC(=O)C(C)C. The molecular formula is C26H31F2NO12. The van der Waals surface area contributed by atoms with E-state index in [0.717, 1.165) is 0 Å². The molecule has 0 aliphatic heterocycles. The Labute approximate surface area is 233 Å². The van der Waals surface area contributed by atoms with Crippen molar-refractivity contribution in [3.8, 4) is 11.5 Å². The number of benzene rings is 1. The van der Waals surface area contributed by atoms with Crippen LogP contribution >= 0.6 is 0 Å². The molecule has 4 rings (SSSR count). The highest BCUT2D eigenvalue weighted by atomic mass is 19.3. The summed E-state index contributed by atoms with van der Waals surface area (Å²) >= 11 is 0. The summed E-state index contributed by atoms with van der Waals surface area (Å²) in [6.07, 6.45) is -2.45. The van der Waals surface area contributed by atoms with E-state index in [-0.39, 0.29) is 29.6 Å². The number of esters is 2. The minimum absolute atomic E-state index is 0.0473. The maximum atomic E-state index is 15.1. The number of phenols is 1. The summed E-state index contributed by atoms with van der Waals surface area (Å²) in [5, 5.41) is 19.9. The van der Waals surface area contributed by atoms with Crippen molar-refractivity contribution in [2.45, 2.75) is 65.6 Å². The van der Waals surface area contributed by atoms with Crippen molar-refractivity contribution in [2.24, 2.45) is 23.2 Å². The molecule has 0 saturated heterocycles. The third-order valence-electron chi connectivity index (χ3n) is 7.47. The molecule has 4 atom stereocenters. The second-order valence-corrected chi connectivity index (χ2v) is 10.8. The minimum atomic E-state index is -4.41. The molecule has 0 aromatic heterocycles. The molecule has 1 N–H and O–H groups in total. The second-order valence-electron chi connectivity index (χ2n) is 10.8. The van der Waals surface area contributed by atoms with Crippen LogP contribution in [0.25, 0.3) is 0 Å². The van der Waals surface area contributed by atoms with E-state index >= 15 is 8.78 Å². The lowest BCUT2D eigenvalue weighted by Crippen LogP contribution is -2.56. The summed E-state index contributed by atoms with van der Waals surface area (Å²) in [6.45, 7) is 6.39. The Morgan fingerprint density at radius 3 is 2.39 bits per heavy atom. The Hall–Kier alpha value is -4.04. The molecule has 0 amide bonds. The highest BCUT2D eigenvalue weighted by Crippen LogP contribution is 2.64. The van der Waals surface area contributed by atoms with Crippen LogP contribution in [0.4, 0.5) is 13.6 Å². The molecule has 2 bridgehead atoms. The van der Waals surface area contributed by atoms with Crippen molar-refractivity contribution in [3.63, 3.8) is 0 Å². The van der Waals surface area contributed by atoms with Gasteiger partial charge in [0, 0.05) is 36.3 Å². The van der Waals surface area contributed by atoms with Crippen molar-refractivity contribution in [1.82, 2.24) is 0 Å². The van der Waals surface area contributed by atoms with Gasteiger partial charge in [0.2, 0.25) is 6.29 Å². The first kappa shape index (κ1) is 31.5. The molecule has 0 radical (unpaired) electrons. The number of aromatic hydroxyl groups is 1. The van der Waals surface area contributed by atoms with Crippen molar-refractivity contribution in [3.05, 3.63) is 33.4 Å². The van der Waals surface area contributed by atoms with E-state index in [1.54, 1.807) is 13.8 Å². The van der Waals surface area contributed by atoms with Crippen LogP contribution in [0.15, 0.2) is 12.1 Å². The summed E-state index contributed by atoms with van der Waals surface area (Å²) < 4.78 is 49.5. The monoisotopic (exact) mass is 587 g/mol. The fourth-order valence-electron chi connectivity index (χ4n) is 5.27. The summed E-state index contributed by atoms with van der Waals surface area (Å²) in [5.41, 5.74) is -1.71. The van der Waals surface area contributed by atoms with Gasteiger partial charge in [0.15, 0.2) is 0 Å². The van der Waals surface area contributed by atoms with E-state index in [4.69, 9.17) is 14.2 Å². The van der Waals surface area contributed by atoms with Gasteiger partial charge in [-0.3, -0.25) is 9.59 Å². The number of carbonyl (C=O) groups excluding carboxylic acids is 4. The summed E-state index contributed by atoms with van der Waals surface area (Å²) in [5.74, 6) is -10.3. The Kier molecular flexibility index (Phi) is 9.08. The van der Waals surface area contributed by atoms with Crippen molar-refractivity contribution in [2.75, 3.05) is 13.2 Å². The number of fused-ring (bicyclic) bond motifs is 2. The van der Waals surface area contributed by atoms with Gasteiger partial charge < -0.3 is 28.9 Å². The van der Waals surface area contributed by atoms with Crippen LogP contribution in [0.3, 0.4) is 0 Å². The molecule has 1 aromatic carbocycles. The van der Waals surface area contributed by atoms with Crippen molar-refractivity contribution >= 4 is 23.9 Å². The van der Waals surface area contributed by atoms with Crippen LogP contribution < -0.4 is 4.74 Å². The van der Waals surface area contributed by atoms with Crippen LogP contribution in [-0.2, 0) is 39.4 Å². The zero-order chi connectivity index (χ0) is 30.9. The quantitative estimate of drug-likeness (QED) is 0.0983. The predicted molar refractivity (Wildman–Crippen MR) is 131 cm³/mol. The highest BCUT2D eigenvalue weighted by molar-refractivity contribution is 5.86. The first-order valence-electron chi connectivity index (χ1n) is 12.8. The molecule has 0 spiro atoms. The summed E-state index contributed by atoms with van der Waals surface area (Å²) in [4.78, 5) is 63.4. The lowest BCUT2D eigenvalue weighted by atomic mass is 9.44. The van der Waals surface area contributed by atoms with Crippen molar-refractivity contribution < 1.29 is 61.9 Å². The Bertz CT molecular complexity index is 1230. The third kappa shape index (κ3) is 6.65. The average molecular weight is 588 g/mol. The number of Topliss-reactive ketones (excluding diaryl/α,β-unsaturated/α-hetero) is 1. The molecule has 1 unspecified atom stereocenters. The van der Waals surface area contributed by atoms with E-state index < -0.39 is 82.9 Å². The van der Waals surface area contributed by atoms with Gasteiger partial charge in [-0.2, -0.15) is 8.78 Å². The first-order chi connectivity index (χ1) is 19.0. The van der Waals surface area contributed by atoms with Crippen LogP contribution in [0.5, 0.6) is 11.5 Å². The number of alkyl halides is 2. The third-order valence-corrected chi connectivity index (χ3v) is 7.47. The number of nitrogens with zero attached hydrogens (tertiary/aromatic N) is 1. The van der Waals surface area contributed by atoms with E-state index in [2.05, 4.69) is 9.57 Å². The largest absolute Gasteiger partial charge is 0.516 e. The zero-order valence-corrected chi connectivity index (χ0v) is 23.0. The van der Waals surface area contributed by atoms with Crippen LogP contribution in [0.2, 0.25) is 0 Å². The molecule has 226 valence electrons. The molecule has 0 heterocycles. The fourth-order valence-corrected chi connectivity index (χ4v) is 5.27. The first-order valence-corrected chi connectivity index (χ1v) is 12.8. The Balaban J connectivity index is 1.94. The van der Waals surface area contributed by atoms with E-state index in [0.29, 0.717) is 18.6 Å². The molecule has 3 fully saturated rings. The molecule has 13 nitrogen and oxygen atoms in total. The van der Waals surface area contributed by atoms with E-state index in [1.165, 1.54) is 6.92 Å². The number of carbonyl (C=O) groups is 4. The van der Waals surface area contributed by atoms with Gasteiger partial charge in [-0.15, -0.1) is 10.1 Å². The Morgan fingerprint density at radius 1 is 1.17 bits per heavy atom. The number of halogens is 2. The molecule has 1 aromatic rings. The van der Waals surface area contributed by atoms with Gasteiger partial charge in [-0.25, -0.2) is 9.59 Å². The van der Waals surface area contributed by atoms with Crippen molar-refractivity contribution in [1.29, 1.82) is 0 Å². The number of hydrogen-bond acceptors (Lipinski definition) is 12. The van der Waals surface area contributed by atoms with Crippen LogP contribution in [0, 0.1) is 33.3 Å². The second kappa shape index (κ2) is 11.8. The van der Waals surface area contributed by atoms with Gasteiger partial charge in [0.25, 0.3) is 5.09 Å². The number of rotatable bonds is 11. The van der Waals surface area contributed by atoms with Crippen LogP contribution in [0.1, 0.15) is 64.5 Å². The van der Waals surface area contributed by atoms with E-state index in [1.807, 2.05) is 13.8 Å².